The molecule has 0 unspecified atom stereocenters. The topological polar surface area (TPSA) is 80.8 Å². The fraction of sp³-hybridized carbons (Fsp3) is 0.182. The van der Waals surface area contributed by atoms with Crippen molar-refractivity contribution in [3.8, 4) is 0 Å². The summed E-state index contributed by atoms with van der Waals surface area (Å²) < 4.78 is 0. The molecule has 142 valence electrons. The van der Waals surface area contributed by atoms with Crippen LogP contribution in [0.4, 0.5) is 0 Å². The van der Waals surface area contributed by atoms with Gasteiger partial charge in [0.15, 0.2) is 0 Å². The van der Waals surface area contributed by atoms with Crippen LogP contribution in [-0.2, 0) is 24.0 Å². The Morgan fingerprint density at radius 1 is 0.857 bits per heavy atom. The molecule has 0 atom stereocenters. The molecule has 1 heterocycles. The molecule has 0 aromatic heterocycles. The quantitative estimate of drug-likeness (QED) is 0.394. The summed E-state index contributed by atoms with van der Waals surface area (Å²) in [7, 11) is 0. The van der Waals surface area contributed by atoms with Crippen molar-refractivity contribution in [2.75, 3.05) is 0 Å². The molecule has 1 aliphatic rings. The lowest BCUT2D eigenvalue weighted by Crippen LogP contribution is -2.31. The number of hydrogen-bond acceptors (Lipinski definition) is 5. The minimum absolute atomic E-state index is 0.0229. The van der Waals surface area contributed by atoms with Gasteiger partial charge in [-0.3, -0.25) is 9.59 Å². The second-order valence-corrected chi connectivity index (χ2v) is 6.26. The first-order valence-electron chi connectivity index (χ1n) is 8.97. The Morgan fingerprint density at radius 3 is 1.86 bits per heavy atom. The SMILES string of the molecule is O=CCCC(=O)ON1C(=O)CCC1=O.c1ccc2c(c1)ccc1ccccc12. The van der Waals surface area contributed by atoms with Crippen molar-refractivity contribution in [2.45, 2.75) is 25.7 Å². The van der Waals surface area contributed by atoms with E-state index in [-0.39, 0.29) is 25.7 Å². The Bertz CT molecular complexity index is 972. The highest BCUT2D eigenvalue weighted by Crippen LogP contribution is 2.24. The number of fused-ring (bicyclic) bond motifs is 3. The Kier molecular flexibility index (Phi) is 6.11. The van der Waals surface area contributed by atoms with E-state index < -0.39 is 17.8 Å². The van der Waals surface area contributed by atoms with Gasteiger partial charge in [0.1, 0.15) is 6.29 Å². The van der Waals surface area contributed by atoms with Crippen molar-refractivity contribution in [3.05, 3.63) is 60.7 Å². The number of carbonyl (C=O) groups excluding carboxylic acids is 4. The van der Waals surface area contributed by atoms with Gasteiger partial charge in [-0.1, -0.05) is 60.7 Å². The highest BCUT2D eigenvalue weighted by molar-refractivity contribution is 6.07. The van der Waals surface area contributed by atoms with E-state index in [1.54, 1.807) is 0 Å². The summed E-state index contributed by atoms with van der Waals surface area (Å²) in [6, 6.07) is 21.4. The zero-order chi connectivity index (χ0) is 19.9. The first-order chi connectivity index (χ1) is 13.6. The third-order valence-corrected chi connectivity index (χ3v) is 4.32. The van der Waals surface area contributed by atoms with Crippen LogP contribution in [-0.4, -0.2) is 29.1 Å². The van der Waals surface area contributed by atoms with Gasteiger partial charge in [-0.25, -0.2) is 4.79 Å². The van der Waals surface area contributed by atoms with Crippen LogP contribution in [0.1, 0.15) is 25.7 Å². The molecule has 4 rings (SSSR count). The number of amides is 2. The molecule has 0 bridgehead atoms. The van der Waals surface area contributed by atoms with Crippen LogP contribution in [0.5, 0.6) is 0 Å². The third kappa shape index (κ3) is 4.40. The van der Waals surface area contributed by atoms with Crippen LogP contribution >= 0.6 is 0 Å². The molecule has 1 fully saturated rings. The molecule has 0 radical (unpaired) electrons. The van der Waals surface area contributed by atoms with Gasteiger partial charge >= 0.3 is 5.97 Å². The molecule has 3 aromatic carbocycles. The lowest BCUT2D eigenvalue weighted by molar-refractivity contribution is -0.197. The van der Waals surface area contributed by atoms with Gasteiger partial charge in [-0.15, -0.1) is 5.06 Å². The first-order valence-corrected chi connectivity index (χ1v) is 8.97. The number of benzene rings is 3. The summed E-state index contributed by atoms with van der Waals surface area (Å²) in [4.78, 5) is 47.2. The maximum Gasteiger partial charge on any atom is 0.333 e. The normalized spacial score (nSPS) is 13.4. The number of aldehydes is 1. The standard InChI is InChI=1S/C14H10.C8H9NO5/c1-3-7-13-11(5-1)9-10-12-6-2-4-8-14(12)13;10-5-1-2-8(13)14-9-6(11)3-4-7(9)12/h1-10H;5H,1-4H2. The van der Waals surface area contributed by atoms with E-state index in [4.69, 9.17) is 0 Å². The van der Waals surface area contributed by atoms with E-state index in [0.717, 1.165) is 0 Å². The molecule has 0 aliphatic carbocycles. The van der Waals surface area contributed by atoms with Crippen molar-refractivity contribution in [1.82, 2.24) is 5.06 Å². The largest absolute Gasteiger partial charge is 0.333 e. The second-order valence-electron chi connectivity index (χ2n) is 6.26. The molecule has 2 amide bonds. The van der Waals surface area contributed by atoms with Crippen LogP contribution in [0.2, 0.25) is 0 Å². The average Bonchev–Trinajstić information content (AvgIpc) is 3.04. The fourth-order valence-corrected chi connectivity index (χ4v) is 2.94. The maximum absolute atomic E-state index is 11.0. The molecule has 1 saturated heterocycles. The Labute approximate surface area is 161 Å². The minimum atomic E-state index is -0.749. The minimum Gasteiger partial charge on any atom is -0.330 e. The average molecular weight is 377 g/mol. The van der Waals surface area contributed by atoms with Crippen LogP contribution in [0.15, 0.2) is 60.7 Å². The molecule has 0 N–H and O–H groups in total. The number of rotatable bonds is 4. The van der Waals surface area contributed by atoms with Crippen molar-refractivity contribution >= 4 is 45.6 Å². The van der Waals surface area contributed by atoms with Crippen molar-refractivity contribution in [2.24, 2.45) is 0 Å². The Hall–Kier alpha value is -3.54. The highest BCUT2D eigenvalue weighted by atomic mass is 16.7. The molecular weight excluding hydrogens is 358 g/mol. The molecule has 0 saturated carbocycles. The zero-order valence-corrected chi connectivity index (χ0v) is 15.2. The van der Waals surface area contributed by atoms with E-state index >= 15 is 0 Å². The molecule has 3 aromatic rings. The zero-order valence-electron chi connectivity index (χ0n) is 15.2. The third-order valence-electron chi connectivity index (χ3n) is 4.32. The predicted molar refractivity (Wildman–Crippen MR) is 104 cm³/mol. The molecular formula is C22H19NO5. The molecule has 28 heavy (non-hydrogen) atoms. The highest BCUT2D eigenvalue weighted by Gasteiger charge is 2.32. The lowest BCUT2D eigenvalue weighted by atomic mass is 10.0. The molecule has 0 spiro atoms. The van der Waals surface area contributed by atoms with Gasteiger partial charge in [0.05, 0.1) is 6.42 Å². The summed E-state index contributed by atoms with van der Waals surface area (Å²) in [6.45, 7) is 0. The lowest BCUT2D eigenvalue weighted by Gasteiger charge is -2.11. The van der Waals surface area contributed by atoms with Gasteiger partial charge < -0.3 is 9.63 Å². The van der Waals surface area contributed by atoms with E-state index in [1.807, 2.05) is 0 Å². The van der Waals surface area contributed by atoms with Crippen LogP contribution in [0.3, 0.4) is 0 Å². The van der Waals surface area contributed by atoms with Gasteiger partial charge in [0.2, 0.25) is 0 Å². The summed E-state index contributed by atoms with van der Waals surface area (Å²) in [5.41, 5.74) is 0. The van der Waals surface area contributed by atoms with Crippen LogP contribution < -0.4 is 0 Å². The summed E-state index contributed by atoms with van der Waals surface area (Å²) in [5.74, 6) is -1.79. The van der Waals surface area contributed by atoms with Crippen LogP contribution in [0.25, 0.3) is 21.5 Å². The first kappa shape index (κ1) is 19.2. The number of imide groups is 1. The molecule has 6 nitrogen and oxygen atoms in total. The Balaban J connectivity index is 0.000000161. The second kappa shape index (κ2) is 8.90. The van der Waals surface area contributed by atoms with Gasteiger partial charge in [0.25, 0.3) is 11.8 Å². The van der Waals surface area contributed by atoms with Gasteiger partial charge in [0, 0.05) is 19.3 Å². The monoisotopic (exact) mass is 377 g/mol. The molecule has 6 heteroatoms. The van der Waals surface area contributed by atoms with Gasteiger partial charge in [-0.05, 0) is 21.5 Å². The number of carbonyl (C=O) groups is 4. The van der Waals surface area contributed by atoms with E-state index in [1.165, 1.54) is 21.5 Å². The fourth-order valence-electron chi connectivity index (χ4n) is 2.94. The van der Waals surface area contributed by atoms with E-state index in [0.29, 0.717) is 11.3 Å². The van der Waals surface area contributed by atoms with Gasteiger partial charge in [-0.2, -0.15) is 0 Å². The molecule has 1 aliphatic heterocycles. The van der Waals surface area contributed by atoms with Crippen molar-refractivity contribution < 1.29 is 24.0 Å². The number of nitrogens with zero attached hydrogens (tertiary/aromatic N) is 1. The predicted octanol–water partition coefficient (Wildman–Crippen LogP) is 3.57. The summed E-state index contributed by atoms with van der Waals surface area (Å²) in [5, 5.41) is 5.77. The van der Waals surface area contributed by atoms with Crippen molar-refractivity contribution in [3.63, 3.8) is 0 Å². The van der Waals surface area contributed by atoms with Crippen LogP contribution in [0, 0.1) is 0 Å². The number of hydrogen-bond donors (Lipinski definition) is 0. The van der Waals surface area contributed by atoms with E-state index in [2.05, 4.69) is 65.5 Å². The smallest absolute Gasteiger partial charge is 0.330 e. The Morgan fingerprint density at radius 2 is 1.36 bits per heavy atom. The van der Waals surface area contributed by atoms with Crippen molar-refractivity contribution in [1.29, 1.82) is 0 Å². The maximum atomic E-state index is 11.0. The van der Waals surface area contributed by atoms with E-state index in [9.17, 15) is 19.2 Å². The summed E-state index contributed by atoms with van der Waals surface area (Å²) in [6.07, 6.45) is 0.601. The summed E-state index contributed by atoms with van der Waals surface area (Å²) >= 11 is 0. The number of hydroxylamine groups is 2.